The third kappa shape index (κ3) is 3.94. The lowest BCUT2D eigenvalue weighted by Gasteiger charge is -2.23. The summed E-state index contributed by atoms with van der Waals surface area (Å²) in [5.74, 6) is -3.95. The Morgan fingerprint density at radius 3 is 2.50 bits per heavy atom. The van der Waals surface area contributed by atoms with Crippen LogP contribution in [0.15, 0.2) is 12.1 Å². The van der Waals surface area contributed by atoms with Gasteiger partial charge in [-0.2, -0.15) is 0 Å². The molecule has 1 aromatic heterocycles. The molecule has 0 aliphatic carbocycles. The van der Waals surface area contributed by atoms with Crippen molar-refractivity contribution in [2.75, 3.05) is 18.0 Å². The van der Waals surface area contributed by atoms with Crippen LogP contribution >= 0.6 is 0 Å². The van der Waals surface area contributed by atoms with E-state index in [0.29, 0.717) is 30.2 Å². The molecule has 0 bridgehead atoms. The van der Waals surface area contributed by atoms with Gasteiger partial charge in [-0.3, -0.25) is 4.79 Å². The van der Waals surface area contributed by atoms with Crippen LogP contribution in [0.3, 0.4) is 0 Å². The van der Waals surface area contributed by atoms with E-state index in [-0.39, 0.29) is 17.9 Å². The van der Waals surface area contributed by atoms with Gasteiger partial charge in [0.05, 0.1) is 0 Å². The van der Waals surface area contributed by atoms with Crippen molar-refractivity contribution in [3.05, 3.63) is 52.2 Å². The Morgan fingerprint density at radius 2 is 1.89 bits per heavy atom. The van der Waals surface area contributed by atoms with Gasteiger partial charge in [0.2, 0.25) is 5.82 Å². The van der Waals surface area contributed by atoms with E-state index in [2.05, 4.69) is 15.3 Å². The highest BCUT2D eigenvalue weighted by atomic mass is 19.2. The van der Waals surface area contributed by atoms with Crippen LogP contribution < -0.4 is 16.0 Å². The fraction of sp³-hybridized carbons (Fsp3) is 0.421. The highest BCUT2D eigenvalue weighted by Crippen LogP contribution is 2.26. The van der Waals surface area contributed by atoms with Crippen molar-refractivity contribution in [2.45, 2.75) is 39.3 Å². The lowest BCUT2D eigenvalue weighted by Crippen LogP contribution is -2.35. The molecule has 1 saturated heterocycles. The third-order valence-electron chi connectivity index (χ3n) is 5.06. The first kappa shape index (κ1) is 20.1. The van der Waals surface area contributed by atoms with E-state index in [4.69, 9.17) is 5.73 Å². The summed E-state index contributed by atoms with van der Waals surface area (Å²) in [5.41, 5.74) is 7.19. The molecule has 0 spiro atoms. The predicted molar refractivity (Wildman–Crippen MR) is 98.5 cm³/mol. The Labute approximate surface area is 161 Å². The number of benzene rings is 1. The van der Waals surface area contributed by atoms with Gasteiger partial charge in [0.1, 0.15) is 5.82 Å². The van der Waals surface area contributed by atoms with Crippen LogP contribution in [0.2, 0.25) is 0 Å². The zero-order chi connectivity index (χ0) is 20.6. The molecule has 3 rings (SSSR count). The molecule has 1 aromatic carbocycles. The number of carbonyl (C=O) groups excluding carboxylic acids is 1. The van der Waals surface area contributed by atoms with Crippen LogP contribution in [-0.4, -0.2) is 35.0 Å². The van der Waals surface area contributed by atoms with Crippen molar-refractivity contribution >= 4 is 11.7 Å². The van der Waals surface area contributed by atoms with Crippen LogP contribution in [0.1, 0.15) is 46.8 Å². The summed E-state index contributed by atoms with van der Waals surface area (Å²) in [6.45, 7) is 6.71. The molecule has 0 radical (unpaired) electrons. The predicted octanol–water partition coefficient (Wildman–Crippen LogP) is 2.54. The molecule has 28 heavy (non-hydrogen) atoms. The van der Waals surface area contributed by atoms with Crippen LogP contribution in [0, 0.1) is 31.3 Å². The molecule has 1 unspecified atom stereocenters. The SMILES string of the molecule is Cc1nc(C(N)=O)nc(N2CC[C@@H](NC(C)c3cc(F)c(F)c(F)c3)C2)c1C. The van der Waals surface area contributed by atoms with Crippen LogP contribution in [0.4, 0.5) is 19.0 Å². The molecule has 1 aliphatic rings. The topological polar surface area (TPSA) is 84.1 Å². The first-order valence-corrected chi connectivity index (χ1v) is 8.97. The second-order valence-electron chi connectivity index (χ2n) is 7.06. The van der Waals surface area contributed by atoms with Gasteiger partial charge in [-0.25, -0.2) is 23.1 Å². The molecule has 9 heteroatoms. The molecule has 2 aromatic rings. The normalized spacial score (nSPS) is 17.8. The maximum absolute atomic E-state index is 13.5. The Bertz CT molecular complexity index is 898. The second-order valence-corrected chi connectivity index (χ2v) is 7.06. The minimum atomic E-state index is -1.47. The van der Waals surface area contributed by atoms with Crippen LogP contribution in [0.5, 0.6) is 0 Å². The zero-order valence-electron chi connectivity index (χ0n) is 15.9. The highest BCUT2D eigenvalue weighted by molar-refractivity contribution is 5.89. The largest absolute Gasteiger partial charge is 0.363 e. The van der Waals surface area contributed by atoms with E-state index < -0.39 is 23.4 Å². The number of hydrogen-bond donors (Lipinski definition) is 2. The minimum Gasteiger partial charge on any atom is -0.363 e. The number of nitrogens with zero attached hydrogens (tertiary/aromatic N) is 3. The van der Waals surface area contributed by atoms with Crippen molar-refractivity contribution in [3.63, 3.8) is 0 Å². The molecular formula is C19H22F3N5O. The average molecular weight is 393 g/mol. The standard InChI is InChI=1S/C19H22F3N5O/c1-9-10(2)25-18(17(23)28)26-19(9)27-5-4-13(8-27)24-11(3)12-6-14(20)16(22)15(21)7-12/h6-7,11,13,24H,4-5,8H2,1-3H3,(H2,23,28)/t11?,13-/m1/s1. The minimum absolute atomic E-state index is 0.0258. The molecule has 150 valence electrons. The summed E-state index contributed by atoms with van der Waals surface area (Å²) in [4.78, 5) is 21.9. The summed E-state index contributed by atoms with van der Waals surface area (Å²) in [5, 5.41) is 3.31. The van der Waals surface area contributed by atoms with Gasteiger partial charge in [0, 0.05) is 36.4 Å². The number of halogens is 3. The smallest absolute Gasteiger partial charge is 0.286 e. The number of aryl methyl sites for hydroxylation is 1. The summed E-state index contributed by atoms with van der Waals surface area (Å²) in [7, 11) is 0. The Balaban J connectivity index is 1.73. The van der Waals surface area contributed by atoms with E-state index in [9.17, 15) is 18.0 Å². The Morgan fingerprint density at radius 1 is 1.25 bits per heavy atom. The van der Waals surface area contributed by atoms with E-state index in [1.54, 1.807) is 13.8 Å². The number of hydrogen-bond acceptors (Lipinski definition) is 5. The van der Waals surface area contributed by atoms with Gasteiger partial charge in [0.25, 0.3) is 5.91 Å². The van der Waals surface area contributed by atoms with Crippen molar-refractivity contribution in [1.29, 1.82) is 0 Å². The highest BCUT2D eigenvalue weighted by Gasteiger charge is 2.27. The quantitative estimate of drug-likeness (QED) is 0.763. The van der Waals surface area contributed by atoms with E-state index in [0.717, 1.165) is 24.1 Å². The van der Waals surface area contributed by atoms with Gasteiger partial charge >= 0.3 is 0 Å². The number of amides is 1. The summed E-state index contributed by atoms with van der Waals surface area (Å²) in [6, 6.07) is 1.65. The Kier molecular flexibility index (Phi) is 5.55. The summed E-state index contributed by atoms with van der Waals surface area (Å²) < 4.78 is 40.1. The summed E-state index contributed by atoms with van der Waals surface area (Å²) >= 11 is 0. The number of anilines is 1. The van der Waals surface area contributed by atoms with Crippen molar-refractivity contribution in [2.24, 2.45) is 5.73 Å². The van der Waals surface area contributed by atoms with Crippen LogP contribution in [-0.2, 0) is 0 Å². The number of carbonyl (C=O) groups is 1. The monoisotopic (exact) mass is 393 g/mol. The first-order chi connectivity index (χ1) is 13.2. The zero-order valence-corrected chi connectivity index (χ0v) is 15.9. The maximum Gasteiger partial charge on any atom is 0.286 e. The van der Waals surface area contributed by atoms with Gasteiger partial charge in [-0.05, 0) is 44.9 Å². The molecule has 6 nitrogen and oxygen atoms in total. The van der Waals surface area contributed by atoms with Gasteiger partial charge < -0.3 is 16.0 Å². The van der Waals surface area contributed by atoms with Gasteiger partial charge in [0.15, 0.2) is 17.5 Å². The summed E-state index contributed by atoms with van der Waals surface area (Å²) in [6.07, 6.45) is 0.769. The molecule has 1 aliphatic heterocycles. The molecule has 2 heterocycles. The molecule has 0 saturated carbocycles. The van der Waals surface area contributed by atoms with E-state index >= 15 is 0 Å². The molecule has 1 amide bonds. The maximum atomic E-state index is 13.5. The molecule has 1 fully saturated rings. The fourth-order valence-corrected chi connectivity index (χ4v) is 3.40. The average Bonchev–Trinajstić information content (AvgIpc) is 3.09. The Hall–Kier alpha value is -2.68. The number of primary amides is 1. The van der Waals surface area contributed by atoms with Crippen LogP contribution in [0.25, 0.3) is 0 Å². The van der Waals surface area contributed by atoms with E-state index in [1.807, 2.05) is 11.8 Å². The lowest BCUT2D eigenvalue weighted by atomic mass is 10.1. The van der Waals surface area contributed by atoms with Crippen molar-refractivity contribution in [1.82, 2.24) is 15.3 Å². The molecule has 3 N–H and O–H groups in total. The third-order valence-corrected chi connectivity index (χ3v) is 5.06. The number of rotatable bonds is 5. The number of nitrogens with two attached hydrogens (primary N) is 1. The number of nitrogens with one attached hydrogen (secondary N) is 1. The number of aromatic nitrogens is 2. The molecule has 2 atom stereocenters. The van der Waals surface area contributed by atoms with Crippen molar-refractivity contribution in [3.8, 4) is 0 Å². The van der Waals surface area contributed by atoms with Gasteiger partial charge in [-0.1, -0.05) is 0 Å². The van der Waals surface area contributed by atoms with E-state index in [1.165, 1.54) is 0 Å². The lowest BCUT2D eigenvalue weighted by molar-refractivity contribution is 0.0990. The second kappa shape index (κ2) is 7.75. The fourth-order valence-electron chi connectivity index (χ4n) is 3.40. The van der Waals surface area contributed by atoms with Crippen molar-refractivity contribution < 1.29 is 18.0 Å². The first-order valence-electron chi connectivity index (χ1n) is 8.97. The molecular weight excluding hydrogens is 371 g/mol. The van der Waals surface area contributed by atoms with Gasteiger partial charge in [-0.15, -0.1) is 0 Å².